The van der Waals surface area contributed by atoms with Gasteiger partial charge in [0.25, 0.3) is 0 Å². The molecule has 1 aromatic carbocycles. The van der Waals surface area contributed by atoms with Crippen molar-refractivity contribution < 1.29 is 9.90 Å². The number of carbonyl (C=O) groups is 1. The van der Waals surface area contributed by atoms with Crippen LogP contribution in [0.3, 0.4) is 0 Å². The van der Waals surface area contributed by atoms with E-state index in [1.165, 1.54) is 6.07 Å². The molecule has 3 aromatic rings. The molecule has 19 heavy (non-hydrogen) atoms. The molecule has 1 N–H and O–H groups in total. The first-order chi connectivity index (χ1) is 9.16. The predicted molar refractivity (Wildman–Crippen MR) is 70.8 cm³/mol. The van der Waals surface area contributed by atoms with Crippen LogP contribution in [0.4, 0.5) is 0 Å². The summed E-state index contributed by atoms with van der Waals surface area (Å²) < 4.78 is 1.72. The Bertz CT molecular complexity index is 782. The van der Waals surface area contributed by atoms with E-state index in [-0.39, 0.29) is 10.6 Å². The number of hydrogen-bond acceptors (Lipinski definition) is 3. The van der Waals surface area contributed by atoms with Gasteiger partial charge in [0.15, 0.2) is 5.65 Å². The second-order valence-corrected chi connectivity index (χ2v) is 4.34. The molecule has 0 aliphatic carbocycles. The van der Waals surface area contributed by atoms with Crippen LogP contribution in [0.15, 0.2) is 42.9 Å². The van der Waals surface area contributed by atoms with E-state index < -0.39 is 5.97 Å². The molecule has 2 heterocycles. The zero-order valence-corrected chi connectivity index (χ0v) is 10.4. The number of benzene rings is 1. The van der Waals surface area contributed by atoms with E-state index in [4.69, 9.17) is 16.7 Å². The van der Waals surface area contributed by atoms with Crippen LogP contribution in [0.5, 0.6) is 0 Å². The fraction of sp³-hybridized carbons (Fsp3) is 0. The molecule has 0 aliphatic heterocycles. The first-order valence-corrected chi connectivity index (χ1v) is 5.86. The number of nitrogens with zero attached hydrogens (tertiary/aromatic N) is 3. The first kappa shape index (κ1) is 11.7. The number of aromatic carboxylic acids is 1. The summed E-state index contributed by atoms with van der Waals surface area (Å²) in [6.45, 7) is 0. The standard InChI is InChI=1S/C13H8ClN3O2/c14-10-4-3-8(6-9(10)13(18)19)17-7-16-11-2-1-5-15-12(11)17/h1-7H,(H,18,19). The molecule has 3 rings (SSSR count). The number of imidazole rings is 1. The van der Waals surface area contributed by atoms with Gasteiger partial charge < -0.3 is 5.11 Å². The molecule has 0 amide bonds. The lowest BCUT2D eigenvalue weighted by Crippen LogP contribution is -2.01. The maximum Gasteiger partial charge on any atom is 0.337 e. The van der Waals surface area contributed by atoms with Crippen LogP contribution in [0.1, 0.15) is 10.4 Å². The third kappa shape index (κ3) is 1.94. The smallest absolute Gasteiger partial charge is 0.337 e. The zero-order chi connectivity index (χ0) is 13.4. The normalized spacial score (nSPS) is 10.8. The van der Waals surface area contributed by atoms with Crippen molar-refractivity contribution in [2.24, 2.45) is 0 Å². The van der Waals surface area contributed by atoms with Gasteiger partial charge in [-0.05, 0) is 30.3 Å². The molecule has 0 radical (unpaired) electrons. The van der Waals surface area contributed by atoms with Gasteiger partial charge in [-0.3, -0.25) is 4.57 Å². The minimum atomic E-state index is -1.07. The van der Waals surface area contributed by atoms with Crippen molar-refractivity contribution in [1.29, 1.82) is 0 Å². The number of aromatic nitrogens is 3. The minimum absolute atomic E-state index is 0.0527. The average molecular weight is 274 g/mol. The highest BCUT2D eigenvalue weighted by Crippen LogP contribution is 2.22. The Morgan fingerprint density at radius 3 is 2.89 bits per heavy atom. The number of carboxylic acids is 1. The topological polar surface area (TPSA) is 68.0 Å². The Balaban J connectivity index is 2.22. The second-order valence-electron chi connectivity index (χ2n) is 3.93. The second kappa shape index (κ2) is 4.37. The predicted octanol–water partition coefficient (Wildman–Crippen LogP) is 2.77. The maximum atomic E-state index is 11.1. The molecule has 0 fully saturated rings. The van der Waals surface area contributed by atoms with Gasteiger partial charge in [0.2, 0.25) is 0 Å². The molecule has 0 bridgehead atoms. The summed E-state index contributed by atoms with van der Waals surface area (Å²) in [5.74, 6) is -1.07. The van der Waals surface area contributed by atoms with Gasteiger partial charge in [-0.2, -0.15) is 0 Å². The molecule has 0 unspecified atom stereocenters. The maximum absolute atomic E-state index is 11.1. The van der Waals surface area contributed by atoms with Crippen molar-refractivity contribution in [2.45, 2.75) is 0 Å². The van der Waals surface area contributed by atoms with Gasteiger partial charge in [-0.15, -0.1) is 0 Å². The number of hydrogen-bond donors (Lipinski definition) is 1. The summed E-state index contributed by atoms with van der Waals surface area (Å²) in [5, 5.41) is 9.28. The monoisotopic (exact) mass is 273 g/mol. The van der Waals surface area contributed by atoms with Crippen LogP contribution >= 0.6 is 11.6 Å². The van der Waals surface area contributed by atoms with Gasteiger partial charge >= 0.3 is 5.97 Å². The highest BCUT2D eigenvalue weighted by molar-refractivity contribution is 6.33. The Morgan fingerprint density at radius 2 is 2.11 bits per heavy atom. The molecule has 0 saturated heterocycles. The lowest BCUT2D eigenvalue weighted by atomic mass is 10.2. The summed E-state index contributed by atoms with van der Waals surface area (Å²) in [7, 11) is 0. The van der Waals surface area contributed by atoms with Crippen LogP contribution in [-0.4, -0.2) is 25.6 Å². The third-order valence-electron chi connectivity index (χ3n) is 2.77. The van der Waals surface area contributed by atoms with E-state index in [2.05, 4.69) is 9.97 Å². The summed E-state index contributed by atoms with van der Waals surface area (Å²) in [4.78, 5) is 19.5. The van der Waals surface area contributed by atoms with E-state index >= 15 is 0 Å². The van der Waals surface area contributed by atoms with Gasteiger partial charge in [0.1, 0.15) is 11.8 Å². The van der Waals surface area contributed by atoms with E-state index in [1.807, 2.05) is 6.07 Å². The third-order valence-corrected chi connectivity index (χ3v) is 3.09. The van der Waals surface area contributed by atoms with Crippen molar-refractivity contribution in [3.8, 4) is 5.69 Å². The fourth-order valence-electron chi connectivity index (χ4n) is 1.87. The average Bonchev–Trinajstić information content (AvgIpc) is 2.83. The SMILES string of the molecule is O=C(O)c1cc(-n2cnc3cccnc32)ccc1Cl. The first-order valence-electron chi connectivity index (χ1n) is 5.48. The highest BCUT2D eigenvalue weighted by Gasteiger charge is 2.12. The molecule has 0 saturated carbocycles. The molecule has 94 valence electrons. The summed E-state index contributed by atoms with van der Waals surface area (Å²) in [6.07, 6.45) is 3.26. The minimum Gasteiger partial charge on any atom is -0.478 e. The number of rotatable bonds is 2. The van der Waals surface area contributed by atoms with Gasteiger partial charge in [-0.1, -0.05) is 11.6 Å². The largest absolute Gasteiger partial charge is 0.478 e. The molecule has 0 spiro atoms. The van der Waals surface area contributed by atoms with Crippen LogP contribution in [0, 0.1) is 0 Å². The Hall–Kier alpha value is -2.40. The lowest BCUT2D eigenvalue weighted by molar-refractivity contribution is 0.0697. The van der Waals surface area contributed by atoms with Gasteiger partial charge in [0, 0.05) is 11.9 Å². The number of halogens is 1. The van der Waals surface area contributed by atoms with E-state index in [0.717, 1.165) is 5.52 Å². The van der Waals surface area contributed by atoms with Crippen molar-refractivity contribution in [3.63, 3.8) is 0 Å². The summed E-state index contributed by atoms with van der Waals surface area (Å²) in [6, 6.07) is 8.41. The fourth-order valence-corrected chi connectivity index (χ4v) is 2.06. The lowest BCUT2D eigenvalue weighted by Gasteiger charge is -2.06. The molecule has 5 nitrogen and oxygen atoms in total. The van der Waals surface area contributed by atoms with Crippen molar-refractivity contribution in [2.75, 3.05) is 0 Å². The molecule has 2 aromatic heterocycles. The summed E-state index contributed by atoms with van der Waals surface area (Å²) >= 11 is 5.85. The molecule has 0 aliphatic rings. The summed E-state index contributed by atoms with van der Waals surface area (Å²) in [5.41, 5.74) is 2.12. The Kier molecular flexibility index (Phi) is 2.68. The van der Waals surface area contributed by atoms with Crippen LogP contribution in [0.2, 0.25) is 5.02 Å². The van der Waals surface area contributed by atoms with Gasteiger partial charge in [0.05, 0.1) is 10.6 Å². The zero-order valence-electron chi connectivity index (χ0n) is 9.62. The van der Waals surface area contributed by atoms with Crippen LogP contribution in [-0.2, 0) is 0 Å². The molecule has 6 heteroatoms. The van der Waals surface area contributed by atoms with E-state index in [9.17, 15) is 4.79 Å². The quantitative estimate of drug-likeness (QED) is 0.779. The van der Waals surface area contributed by atoms with E-state index in [1.54, 1.807) is 35.3 Å². The van der Waals surface area contributed by atoms with E-state index in [0.29, 0.717) is 11.3 Å². The van der Waals surface area contributed by atoms with Crippen LogP contribution in [0.25, 0.3) is 16.9 Å². The Labute approximate surface area is 113 Å². The van der Waals surface area contributed by atoms with Crippen LogP contribution < -0.4 is 0 Å². The number of carboxylic acid groups (broad SMARTS) is 1. The molecular weight excluding hydrogens is 266 g/mol. The molecule has 0 atom stereocenters. The number of fused-ring (bicyclic) bond motifs is 1. The Morgan fingerprint density at radius 1 is 1.26 bits per heavy atom. The number of pyridine rings is 1. The van der Waals surface area contributed by atoms with Crippen molar-refractivity contribution in [1.82, 2.24) is 14.5 Å². The highest BCUT2D eigenvalue weighted by atomic mass is 35.5. The van der Waals surface area contributed by atoms with Crippen molar-refractivity contribution in [3.05, 3.63) is 53.4 Å². The molecular formula is C13H8ClN3O2. The van der Waals surface area contributed by atoms with Gasteiger partial charge in [-0.25, -0.2) is 14.8 Å². The van der Waals surface area contributed by atoms with Crippen molar-refractivity contribution >= 4 is 28.7 Å².